The molecule has 0 saturated carbocycles. The minimum absolute atomic E-state index is 0.0223. The van der Waals surface area contributed by atoms with Crippen molar-refractivity contribution in [2.75, 3.05) is 6.61 Å². The van der Waals surface area contributed by atoms with Gasteiger partial charge >= 0.3 is 11.9 Å². The van der Waals surface area contributed by atoms with Gasteiger partial charge in [0.25, 0.3) is 0 Å². The highest BCUT2D eigenvalue weighted by molar-refractivity contribution is 5.94. The quantitative estimate of drug-likeness (QED) is 0.139. The Hall–Kier alpha value is -3.71. The average molecular weight is 511 g/mol. The number of nitrogens with two attached hydrogens (primary N) is 1. The Morgan fingerprint density at radius 3 is 1.89 bits per heavy atom. The second-order valence-corrected chi connectivity index (χ2v) is 8.74. The molecule has 0 aromatic heterocycles. The third-order valence-corrected chi connectivity index (χ3v) is 5.14. The van der Waals surface area contributed by atoms with Crippen LogP contribution < -0.4 is 21.7 Å². The van der Waals surface area contributed by atoms with E-state index in [1.165, 1.54) is 24.3 Å². The SMILES string of the molecule is CC(C)CC(NC(=O)C(CCC(=O)O)NC(=O)C(Cc1ccc(O)cc1)NC(=O)C(N)CO)C(=O)O. The number of benzene rings is 1. The molecular weight excluding hydrogens is 476 g/mol. The molecule has 1 rings (SSSR count). The zero-order chi connectivity index (χ0) is 27.4. The van der Waals surface area contributed by atoms with Crippen molar-refractivity contribution in [1.82, 2.24) is 16.0 Å². The van der Waals surface area contributed by atoms with Crippen LogP contribution >= 0.6 is 0 Å². The van der Waals surface area contributed by atoms with Gasteiger partial charge in [0, 0.05) is 12.8 Å². The van der Waals surface area contributed by atoms with Gasteiger partial charge in [-0.3, -0.25) is 19.2 Å². The highest BCUT2D eigenvalue weighted by Gasteiger charge is 2.31. The topological polar surface area (TPSA) is 228 Å². The Bertz CT molecular complexity index is 921. The van der Waals surface area contributed by atoms with Gasteiger partial charge in [0.2, 0.25) is 17.7 Å². The molecule has 4 atom stereocenters. The third kappa shape index (κ3) is 10.7. The Labute approximate surface area is 208 Å². The summed E-state index contributed by atoms with van der Waals surface area (Å²) in [7, 11) is 0. The fourth-order valence-electron chi connectivity index (χ4n) is 3.21. The summed E-state index contributed by atoms with van der Waals surface area (Å²) in [5.74, 6) is -5.20. The lowest BCUT2D eigenvalue weighted by Gasteiger charge is -2.25. The van der Waals surface area contributed by atoms with Crippen LogP contribution in [0.2, 0.25) is 0 Å². The fourth-order valence-corrected chi connectivity index (χ4v) is 3.21. The van der Waals surface area contributed by atoms with E-state index in [0.29, 0.717) is 5.56 Å². The van der Waals surface area contributed by atoms with Crippen LogP contribution in [0.25, 0.3) is 0 Å². The molecule has 0 spiro atoms. The second-order valence-electron chi connectivity index (χ2n) is 8.74. The van der Waals surface area contributed by atoms with E-state index in [-0.39, 0.29) is 30.9 Å². The smallest absolute Gasteiger partial charge is 0.326 e. The van der Waals surface area contributed by atoms with Crippen LogP contribution in [0.1, 0.15) is 38.7 Å². The van der Waals surface area contributed by atoms with E-state index >= 15 is 0 Å². The zero-order valence-corrected chi connectivity index (χ0v) is 20.1. The minimum Gasteiger partial charge on any atom is -0.508 e. The molecule has 1 aromatic carbocycles. The number of carboxylic acids is 2. The first-order valence-corrected chi connectivity index (χ1v) is 11.3. The first-order chi connectivity index (χ1) is 16.8. The predicted octanol–water partition coefficient (Wildman–Crippen LogP) is -1.30. The summed E-state index contributed by atoms with van der Waals surface area (Å²) in [6.45, 7) is 2.84. The van der Waals surface area contributed by atoms with Gasteiger partial charge in [-0.2, -0.15) is 0 Å². The number of aliphatic hydroxyl groups excluding tert-OH is 1. The van der Waals surface area contributed by atoms with Crippen LogP contribution in [0.15, 0.2) is 24.3 Å². The van der Waals surface area contributed by atoms with Gasteiger partial charge in [0.05, 0.1) is 6.61 Å². The molecular formula is C23H34N4O9. The van der Waals surface area contributed by atoms with Crippen LogP contribution in [0, 0.1) is 5.92 Å². The van der Waals surface area contributed by atoms with Crippen LogP contribution in [-0.4, -0.2) is 80.9 Å². The van der Waals surface area contributed by atoms with E-state index in [0.717, 1.165) is 0 Å². The van der Waals surface area contributed by atoms with Crippen LogP contribution in [0.4, 0.5) is 0 Å². The van der Waals surface area contributed by atoms with E-state index < -0.39 is 66.9 Å². The molecule has 0 saturated heterocycles. The number of carboxylic acid groups (broad SMARTS) is 2. The molecule has 13 nitrogen and oxygen atoms in total. The maximum atomic E-state index is 13.1. The highest BCUT2D eigenvalue weighted by atomic mass is 16.4. The first kappa shape index (κ1) is 30.3. The molecule has 0 aliphatic carbocycles. The number of hydrogen-bond donors (Lipinski definition) is 8. The number of nitrogens with one attached hydrogen (secondary N) is 3. The number of rotatable bonds is 15. The fraction of sp³-hybridized carbons (Fsp3) is 0.522. The molecule has 200 valence electrons. The van der Waals surface area contributed by atoms with Crippen LogP contribution in [0.5, 0.6) is 5.75 Å². The lowest BCUT2D eigenvalue weighted by Crippen LogP contribution is -2.58. The molecule has 0 fully saturated rings. The van der Waals surface area contributed by atoms with Gasteiger partial charge in [0.15, 0.2) is 0 Å². The number of carbonyl (C=O) groups excluding carboxylic acids is 3. The summed E-state index contributed by atoms with van der Waals surface area (Å²) in [6, 6.07) is 0.483. The number of aliphatic hydroxyl groups is 1. The Balaban J connectivity index is 3.14. The Kier molecular flexibility index (Phi) is 12.3. The first-order valence-electron chi connectivity index (χ1n) is 11.3. The summed E-state index contributed by atoms with van der Waals surface area (Å²) in [5.41, 5.74) is 6.05. The highest BCUT2D eigenvalue weighted by Crippen LogP contribution is 2.12. The molecule has 9 N–H and O–H groups in total. The van der Waals surface area contributed by atoms with E-state index in [1.807, 2.05) is 0 Å². The van der Waals surface area contributed by atoms with Crippen molar-refractivity contribution < 1.29 is 44.4 Å². The predicted molar refractivity (Wildman–Crippen MR) is 127 cm³/mol. The number of aromatic hydroxyl groups is 1. The van der Waals surface area contributed by atoms with Crippen molar-refractivity contribution in [2.45, 2.75) is 63.7 Å². The largest absolute Gasteiger partial charge is 0.508 e. The lowest BCUT2D eigenvalue weighted by atomic mass is 10.0. The summed E-state index contributed by atoms with van der Waals surface area (Å²) in [4.78, 5) is 60.8. The van der Waals surface area contributed by atoms with Gasteiger partial charge in [-0.1, -0.05) is 26.0 Å². The normalized spacial score (nSPS) is 14.2. The molecule has 0 bridgehead atoms. The van der Waals surface area contributed by atoms with Crippen LogP contribution in [0.3, 0.4) is 0 Å². The van der Waals surface area contributed by atoms with Crippen molar-refractivity contribution in [3.63, 3.8) is 0 Å². The Morgan fingerprint density at radius 2 is 1.39 bits per heavy atom. The van der Waals surface area contributed by atoms with Gasteiger partial charge < -0.3 is 42.1 Å². The monoisotopic (exact) mass is 510 g/mol. The van der Waals surface area contributed by atoms with Gasteiger partial charge in [-0.15, -0.1) is 0 Å². The molecule has 0 aliphatic rings. The van der Waals surface area contributed by atoms with E-state index in [9.17, 15) is 34.2 Å². The number of phenols is 1. The second kappa shape index (κ2) is 14.6. The lowest BCUT2D eigenvalue weighted by molar-refractivity contribution is -0.143. The number of amides is 3. The van der Waals surface area contributed by atoms with E-state index in [2.05, 4.69) is 16.0 Å². The molecule has 4 unspecified atom stereocenters. The summed E-state index contributed by atoms with van der Waals surface area (Å²) in [5, 5.41) is 44.2. The molecule has 36 heavy (non-hydrogen) atoms. The maximum absolute atomic E-state index is 13.1. The third-order valence-electron chi connectivity index (χ3n) is 5.14. The van der Waals surface area contributed by atoms with Gasteiger partial charge in [-0.25, -0.2) is 4.79 Å². The Morgan fingerprint density at radius 1 is 0.861 bits per heavy atom. The van der Waals surface area contributed by atoms with Gasteiger partial charge in [-0.05, 0) is 36.5 Å². The van der Waals surface area contributed by atoms with Crippen molar-refractivity contribution in [1.29, 1.82) is 0 Å². The average Bonchev–Trinajstić information content (AvgIpc) is 2.80. The van der Waals surface area contributed by atoms with E-state index in [1.54, 1.807) is 13.8 Å². The number of hydrogen-bond acceptors (Lipinski definition) is 8. The summed E-state index contributed by atoms with van der Waals surface area (Å²) >= 11 is 0. The van der Waals surface area contributed by atoms with Crippen LogP contribution in [-0.2, 0) is 30.4 Å². The summed E-state index contributed by atoms with van der Waals surface area (Å²) in [6.07, 6.45) is -0.810. The molecule has 13 heteroatoms. The minimum atomic E-state index is -1.41. The van der Waals surface area contributed by atoms with Gasteiger partial charge in [0.1, 0.15) is 29.9 Å². The van der Waals surface area contributed by atoms with Crippen molar-refractivity contribution >= 4 is 29.7 Å². The molecule has 0 heterocycles. The molecule has 3 amide bonds. The summed E-state index contributed by atoms with van der Waals surface area (Å²) < 4.78 is 0. The van der Waals surface area contributed by atoms with Crippen molar-refractivity contribution in [3.8, 4) is 5.75 Å². The standard InChI is InChI=1S/C23H34N4O9/c1-12(2)9-18(23(35)36)27-21(33)16(7-8-19(30)31)25-22(34)17(26-20(32)15(24)11-28)10-13-3-5-14(29)6-4-13/h3-6,12,15-18,28-29H,7-11,24H2,1-2H3,(H,25,34)(H,26,32)(H,27,33)(H,30,31)(H,35,36). The number of phenolic OH excluding ortho intramolecular Hbond substituents is 1. The molecule has 0 radical (unpaired) electrons. The molecule has 1 aromatic rings. The maximum Gasteiger partial charge on any atom is 0.326 e. The zero-order valence-electron chi connectivity index (χ0n) is 20.1. The van der Waals surface area contributed by atoms with Crippen molar-refractivity contribution in [3.05, 3.63) is 29.8 Å². The molecule has 0 aliphatic heterocycles. The van der Waals surface area contributed by atoms with E-state index in [4.69, 9.17) is 15.9 Å². The number of aliphatic carboxylic acids is 2. The van der Waals surface area contributed by atoms with Crippen molar-refractivity contribution in [2.24, 2.45) is 11.7 Å². The number of carbonyl (C=O) groups is 5.